The predicted octanol–water partition coefficient (Wildman–Crippen LogP) is 4.40. The minimum Gasteiger partial charge on any atom is -0.334 e. The molecule has 0 bridgehead atoms. The van der Waals surface area contributed by atoms with Crippen molar-refractivity contribution < 1.29 is 0 Å². The molecule has 0 amide bonds. The summed E-state index contributed by atoms with van der Waals surface area (Å²) in [5, 5.41) is 0. The van der Waals surface area contributed by atoms with Gasteiger partial charge in [-0.3, -0.25) is 0 Å². The van der Waals surface area contributed by atoms with E-state index >= 15 is 0 Å². The van der Waals surface area contributed by atoms with Crippen molar-refractivity contribution >= 4 is 17.1 Å². The molecule has 0 aliphatic carbocycles. The topological polar surface area (TPSA) is 30.7 Å². The number of aromatic nitrogens is 3. The maximum absolute atomic E-state index is 4.75. The SMILES string of the molecule is C=Cc1cc2c(ncn2C)c(-c2ccccc2C(C)C)n1. The van der Waals surface area contributed by atoms with E-state index in [1.165, 1.54) is 5.56 Å². The van der Waals surface area contributed by atoms with Crippen molar-refractivity contribution in [2.24, 2.45) is 7.05 Å². The first-order valence-electron chi connectivity index (χ1n) is 7.15. The zero-order valence-corrected chi connectivity index (χ0v) is 12.7. The second-order valence-electron chi connectivity index (χ2n) is 5.57. The van der Waals surface area contributed by atoms with Crippen LogP contribution in [0.5, 0.6) is 0 Å². The minimum absolute atomic E-state index is 0.439. The molecule has 3 nitrogen and oxygen atoms in total. The lowest BCUT2D eigenvalue weighted by molar-refractivity contribution is 0.868. The number of rotatable bonds is 3. The van der Waals surface area contributed by atoms with Crippen LogP contribution in [-0.4, -0.2) is 14.5 Å². The number of fused-ring (bicyclic) bond motifs is 1. The van der Waals surface area contributed by atoms with Crippen LogP contribution in [0, 0.1) is 0 Å². The fourth-order valence-corrected chi connectivity index (χ4v) is 2.66. The monoisotopic (exact) mass is 277 g/mol. The molecule has 2 aromatic heterocycles. The lowest BCUT2D eigenvalue weighted by Crippen LogP contribution is -1.97. The van der Waals surface area contributed by atoms with E-state index in [-0.39, 0.29) is 0 Å². The van der Waals surface area contributed by atoms with Gasteiger partial charge in [-0.15, -0.1) is 0 Å². The summed E-state index contributed by atoms with van der Waals surface area (Å²) in [6, 6.07) is 10.4. The molecule has 3 aromatic rings. The molecule has 0 spiro atoms. The maximum atomic E-state index is 4.75. The van der Waals surface area contributed by atoms with Gasteiger partial charge in [0.05, 0.1) is 23.2 Å². The van der Waals surface area contributed by atoms with Crippen molar-refractivity contribution in [2.45, 2.75) is 19.8 Å². The van der Waals surface area contributed by atoms with Crippen molar-refractivity contribution in [1.82, 2.24) is 14.5 Å². The number of pyridine rings is 1. The van der Waals surface area contributed by atoms with Crippen molar-refractivity contribution in [3.8, 4) is 11.3 Å². The summed E-state index contributed by atoms with van der Waals surface area (Å²) in [7, 11) is 2.00. The molecule has 0 aliphatic heterocycles. The number of benzene rings is 1. The van der Waals surface area contributed by atoms with Gasteiger partial charge in [0, 0.05) is 12.6 Å². The molecule has 0 fully saturated rings. The maximum Gasteiger partial charge on any atom is 0.115 e. The van der Waals surface area contributed by atoms with E-state index in [1.807, 2.05) is 24.0 Å². The Morgan fingerprint density at radius 3 is 2.71 bits per heavy atom. The minimum atomic E-state index is 0.439. The van der Waals surface area contributed by atoms with Crippen LogP contribution in [0.1, 0.15) is 31.0 Å². The van der Waals surface area contributed by atoms with Gasteiger partial charge >= 0.3 is 0 Å². The molecular weight excluding hydrogens is 258 g/mol. The van der Waals surface area contributed by atoms with E-state index in [0.29, 0.717) is 5.92 Å². The number of nitrogens with zero attached hydrogens (tertiary/aromatic N) is 3. The summed E-state index contributed by atoms with van der Waals surface area (Å²) in [6.07, 6.45) is 3.62. The molecule has 106 valence electrons. The van der Waals surface area contributed by atoms with Crippen LogP contribution in [0.2, 0.25) is 0 Å². The second-order valence-corrected chi connectivity index (χ2v) is 5.57. The average molecular weight is 277 g/mol. The first-order chi connectivity index (χ1) is 10.1. The Balaban J connectivity index is 2.37. The third-order valence-corrected chi connectivity index (χ3v) is 3.78. The molecule has 0 aliphatic rings. The number of aryl methyl sites for hydroxylation is 1. The van der Waals surface area contributed by atoms with Gasteiger partial charge in [-0.25, -0.2) is 9.97 Å². The number of hydrogen-bond acceptors (Lipinski definition) is 2. The molecule has 0 saturated heterocycles. The zero-order valence-electron chi connectivity index (χ0n) is 12.7. The van der Waals surface area contributed by atoms with Crippen molar-refractivity contribution in [1.29, 1.82) is 0 Å². The highest BCUT2D eigenvalue weighted by Crippen LogP contribution is 2.32. The fraction of sp³-hybridized carbons (Fsp3) is 0.222. The van der Waals surface area contributed by atoms with Gasteiger partial charge in [0.15, 0.2) is 0 Å². The molecular formula is C18H19N3. The predicted molar refractivity (Wildman–Crippen MR) is 88.1 cm³/mol. The quantitative estimate of drug-likeness (QED) is 0.710. The molecule has 3 heteroatoms. The highest BCUT2D eigenvalue weighted by molar-refractivity contribution is 5.91. The van der Waals surface area contributed by atoms with Gasteiger partial charge in [-0.05, 0) is 23.6 Å². The summed E-state index contributed by atoms with van der Waals surface area (Å²) in [5.74, 6) is 0.439. The Kier molecular flexibility index (Phi) is 3.34. The van der Waals surface area contributed by atoms with E-state index < -0.39 is 0 Å². The summed E-state index contributed by atoms with van der Waals surface area (Å²) < 4.78 is 2.02. The first-order valence-corrected chi connectivity index (χ1v) is 7.15. The van der Waals surface area contributed by atoms with Crippen molar-refractivity contribution in [3.63, 3.8) is 0 Å². The average Bonchev–Trinajstić information content (AvgIpc) is 2.87. The van der Waals surface area contributed by atoms with Gasteiger partial charge in [-0.2, -0.15) is 0 Å². The Morgan fingerprint density at radius 2 is 2.00 bits per heavy atom. The van der Waals surface area contributed by atoms with E-state index in [0.717, 1.165) is 28.0 Å². The number of hydrogen-bond donors (Lipinski definition) is 0. The highest BCUT2D eigenvalue weighted by Gasteiger charge is 2.15. The van der Waals surface area contributed by atoms with Crippen molar-refractivity contribution in [3.05, 3.63) is 54.5 Å². The molecule has 0 unspecified atom stereocenters. The lowest BCUT2D eigenvalue weighted by atomic mass is 9.94. The summed E-state index contributed by atoms with van der Waals surface area (Å²) in [5.41, 5.74) is 6.27. The van der Waals surface area contributed by atoms with Crippen LogP contribution in [0.4, 0.5) is 0 Å². The smallest absolute Gasteiger partial charge is 0.115 e. The second kappa shape index (κ2) is 5.17. The molecule has 3 rings (SSSR count). The largest absolute Gasteiger partial charge is 0.334 e. The van der Waals surface area contributed by atoms with E-state index in [1.54, 1.807) is 6.08 Å². The van der Waals surface area contributed by atoms with E-state index in [9.17, 15) is 0 Å². The van der Waals surface area contributed by atoms with Crippen LogP contribution in [0.3, 0.4) is 0 Å². The summed E-state index contributed by atoms with van der Waals surface area (Å²) in [6.45, 7) is 8.25. The van der Waals surface area contributed by atoms with Crippen LogP contribution in [0.25, 0.3) is 28.4 Å². The van der Waals surface area contributed by atoms with Crippen LogP contribution in [0.15, 0.2) is 43.2 Å². The zero-order chi connectivity index (χ0) is 15.0. The Morgan fingerprint density at radius 1 is 1.24 bits per heavy atom. The van der Waals surface area contributed by atoms with Crippen LogP contribution < -0.4 is 0 Å². The Bertz CT molecular complexity index is 812. The van der Waals surface area contributed by atoms with E-state index in [4.69, 9.17) is 4.98 Å². The van der Waals surface area contributed by atoms with Gasteiger partial charge in [0.25, 0.3) is 0 Å². The standard InChI is InChI=1S/C18H19N3/c1-5-13-10-16-18(19-11-21(16)4)17(20-13)15-9-7-6-8-14(15)12(2)3/h5-12H,1H2,2-4H3. The Hall–Kier alpha value is -2.42. The lowest BCUT2D eigenvalue weighted by Gasteiger charge is -2.13. The van der Waals surface area contributed by atoms with Crippen LogP contribution in [-0.2, 0) is 7.05 Å². The summed E-state index contributed by atoms with van der Waals surface area (Å²) in [4.78, 5) is 9.29. The van der Waals surface area contributed by atoms with Crippen molar-refractivity contribution in [2.75, 3.05) is 0 Å². The molecule has 21 heavy (non-hydrogen) atoms. The normalized spacial score (nSPS) is 11.2. The third-order valence-electron chi connectivity index (χ3n) is 3.78. The third kappa shape index (κ3) is 2.25. The van der Waals surface area contributed by atoms with E-state index in [2.05, 4.69) is 49.7 Å². The highest BCUT2D eigenvalue weighted by atomic mass is 15.0. The Labute approximate surface area is 125 Å². The molecule has 0 N–H and O–H groups in total. The molecule has 2 heterocycles. The van der Waals surface area contributed by atoms with Gasteiger partial charge in [0.1, 0.15) is 5.52 Å². The molecule has 0 radical (unpaired) electrons. The van der Waals surface area contributed by atoms with Gasteiger partial charge < -0.3 is 4.57 Å². The van der Waals surface area contributed by atoms with Gasteiger partial charge in [0.2, 0.25) is 0 Å². The molecule has 0 saturated carbocycles. The first kappa shape index (κ1) is 13.6. The number of imidazole rings is 1. The van der Waals surface area contributed by atoms with Crippen LogP contribution >= 0.6 is 0 Å². The molecule has 1 aromatic carbocycles. The summed E-state index contributed by atoms with van der Waals surface area (Å²) >= 11 is 0. The molecule has 0 atom stereocenters. The van der Waals surface area contributed by atoms with Gasteiger partial charge in [-0.1, -0.05) is 44.7 Å². The fourth-order valence-electron chi connectivity index (χ4n) is 2.66.